The average Bonchev–Trinajstić information content (AvgIpc) is 3.12. The minimum absolute atomic E-state index is 0.0816. The number of carbonyl (C=O) groups is 1. The molecule has 0 bridgehead atoms. The second kappa shape index (κ2) is 38.1. The predicted octanol–water partition coefficient (Wildman–Crippen LogP) is 12.5. The van der Waals surface area contributed by atoms with E-state index in [0.29, 0.717) is 24.1 Å². The first-order valence-corrected chi connectivity index (χ1v) is 23.0. The van der Waals surface area contributed by atoms with Crippen LogP contribution < -0.4 is 0 Å². The van der Waals surface area contributed by atoms with Crippen LogP contribution in [-0.2, 0) is 27.9 Å². The van der Waals surface area contributed by atoms with Crippen LogP contribution in [0.3, 0.4) is 0 Å². The van der Waals surface area contributed by atoms with Crippen LogP contribution in [0.25, 0.3) is 0 Å². The summed E-state index contributed by atoms with van der Waals surface area (Å²) in [6.07, 6.45) is 46.7. The number of phosphoric acid groups is 1. The van der Waals surface area contributed by atoms with Gasteiger partial charge in [-0.05, 0) is 70.6 Å². The molecule has 0 fully saturated rings. The van der Waals surface area contributed by atoms with Crippen LogP contribution in [0.1, 0.15) is 162 Å². The van der Waals surface area contributed by atoms with Gasteiger partial charge in [0, 0.05) is 13.0 Å². The van der Waals surface area contributed by atoms with E-state index in [1.54, 1.807) is 0 Å². The SMILES string of the molecule is CC/C=C\C/C=C\C/C=C\CCCCCCCCCC(=O)OC(COCCCCCCCC/C=C\C/C=C\CCCC)COP(=O)(O)OCC[N+](C)(C)C. The molecular formula is C45H83NO7P+. The van der Waals surface area contributed by atoms with E-state index in [-0.39, 0.29) is 25.8 Å². The van der Waals surface area contributed by atoms with Crippen LogP contribution in [0.15, 0.2) is 60.8 Å². The molecule has 0 radical (unpaired) electrons. The fraction of sp³-hybridized carbons (Fsp3) is 0.756. The number of hydrogen-bond acceptors (Lipinski definition) is 6. The molecule has 0 saturated carbocycles. The Hall–Kier alpha value is -1.80. The summed E-state index contributed by atoms with van der Waals surface area (Å²) in [7, 11) is 1.64. The van der Waals surface area contributed by atoms with Crippen molar-refractivity contribution >= 4 is 13.8 Å². The maximum absolute atomic E-state index is 12.7. The van der Waals surface area contributed by atoms with E-state index in [2.05, 4.69) is 74.6 Å². The molecule has 0 rings (SSSR count). The number of nitrogens with zero attached hydrogens (tertiary/aromatic N) is 1. The van der Waals surface area contributed by atoms with Gasteiger partial charge in [-0.1, -0.05) is 145 Å². The van der Waals surface area contributed by atoms with Crippen molar-refractivity contribution in [2.24, 2.45) is 0 Å². The molecule has 9 heteroatoms. The van der Waals surface area contributed by atoms with Crippen molar-refractivity contribution in [1.29, 1.82) is 0 Å². The van der Waals surface area contributed by atoms with Gasteiger partial charge >= 0.3 is 13.8 Å². The molecule has 0 spiro atoms. The third-order valence-corrected chi connectivity index (χ3v) is 9.80. The lowest BCUT2D eigenvalue weighted by Gasteiger charge is -2.24. The molecule has 0 aromatic carbocycles. The summed E-state index contributed by atoms with van der Waals surface area (Å²) in [5.74, 6) is -0.330. The van der Waals surface area contributed by atoms with Gasteiger partial charge in [0.15, 0.2) is 0 Å². The molecule has 0 aliphatic rings. The van der Waals surface area contributed by atoms with Gasteiger partial charge < -0.3 is 18.9 Å². The lowest BCUT2D eigenvalue weighted by atomic mass is 10.1. The van der Waals surface area contributed by atoms with Gasteiger partial charge in [-0.15, -0.1) is 0 Å². The highest BCUT2D eigenvalue weighted by Gasteiger charge is 2.26. The van der Waals surface area contributed by atoms with Crippen molar-refractivity contribution in [3.63, 3.8) is 0 Å². The van der Waals surface area contributed by atoms with Gasteiger partial charge in [-0.3, -0.25) is 13.8 Å². The Kier molecular flexibility index (Phi) is 36.8. The van der Waals surface area contributed by atoms with Crippen LogP contribution >= 0.6 is 7.82 Å². The van der Waals surface area contributed by atoms with E-state index in [1.165, 1.54) is 70.6 Å². The maximum atomic E-state index is 12.7. The Balaban J connectivity index is 4.29. The zero-order chi connectivity index (χ0) is 39.9. The molecule has 2 atom stereocenters. The van der Waals surface area contributed by atoms with Crippen LogP contribution in [0.4, 0.5) is 0 Å². The lowest BCUT2D eigenvalue weighted by Crippen LogP contribution is -2.37. The van der Waals surface area contributed by atoms with Crippen LogP contribution in [-0.4, -0.2) is 75.6 Å². The molecule has 2 unspecified atom stereocenters. The topological polar surface area (TPSA) is 91.3 Å². The molecule has 0 amide bonds. The summed E-state index contributed by atoms with van der Waals surface area (Å²) in [4.78, 5) is 22.9. The minimum Gasteiger partial charge on any atom is -0.457 e. The second-order valence-corrected chi connectivity index (χ2v) is 16.8. The number of unbranched alkanes of at least 4 members (excludes halogenated alkanes) is 15. The first kappa shape index (κ1) is 52.2. The van der Waals surface area contributed by atoms with E-state index in [0.717, 1.165) is 70.6 Å². The minimum atomic E-state index is -4.28. The van der Waals surface area contributed by atoms with Crippen LogP contribution in [0, 0.1) is 0 Å². The Bertz CT molecular complexity index is 1050. The Morgan fingerprint density at radius 3 is 1.61 bits per heavy atom. The largest absolute Gasteiger partial charge is 0.472 e. The molecule has 0 aromatic rings. The highest BCUT2D eigenvalue weighted by Crippen LogP contribution is 2.43. The zero-order valence-corrected chi connectivity index (χ0v) is 36.3. The Morgan fingerprint density at radius 2 is 1.07 bits per heavy atom. The predicted molar refractivity (Wildman–Crippen MR) is 229 cm³/mol. The fourth-order valence-corrected chi connectivity index (χ4v) is 6.21. The number of rotatable bonds is 39. The molecule has 314 valence electrons. The monoisotopic (exact) mass is 781 g/mol. The summed E-state index contributed by atoms with van der Waals surface area (Å²) < 4.78 is 35.0. The number of hydrogen-bond donors (Lipinski definition) is 1. The molecule has 8 nitrogen and oxygen atoms in total. The third kappa shape index (κ3) is 41.4. The average molecular weight is 781 g/mol. The molecule has 0 aliphatic carbocycles. The quantitative estimate of drug-likeness (QED) is 0.0218. The van der Waals surface area contributed by atoms with Gasteiger partial charge in [0.25, 0.3) is 0 Å². The molecular weight excluding hydrogens is 697 g/mol. The van der Waals surface area contributed by atoms with Gasteiger partial charge in [0.2, 0.25) is 0 Å². The highest BCUT2D eigenvalue weighted by atomic mass is 31.2. The summed E-state index contributed by atoms with van der Waals surface area (Å²) in [6, 6.07) is 0. The molecule has 0 aromatic heterocycles. The van der Waals surface area contributed by atoms with E-state index in [4.69, 9.17) is 18.5 Å². The van der Waals surface area contributed by atoms with Crippen molar-refractivity contribution in [1.82, 2.24) is 0 Å². The lowest BCUT2D eigenvalue weighted by molar-refractivity contribution is -0.870. The number of phosphoric ester groups is 1. The van der Waals surface area contributed by atoms with E-state index < -0.39 is 13.9 Å². The zero-order valence-electron chi connectivity index (χ0n) is 35.4. The van der Waals surface area contributed by atoms with Crippen LogP contribution in [0.5, 0.6) is 0 Å². The molecule has 0 aliphatic heterocycles. The van der Waals surface area contributed by atoms with Crippen LogP contribution in [0.2, 0.25) is 0 Å². The summed E-state index contributed by atoms with van der Waals surface area (Å²) in [5.41, 5.74) is 0. The third-order valence-electron chi connectivity index (χ3n) is 8.81. The van der Waals surface area contributed by atoms with Gasteiger partial charge in [-0.25, -0.2) is 4.57 Å². The van der Waals surface area contributed by atoms with Crippen molar-refractivity contribution in [3.05, 3.63) is 60.8 Å². The summed E-state index contributed by atoms with van der Waals surface area (Å²) >= 11 is 0. The Morgan fingerprint density at radius 1 is 0.593 bits per heavy atom. The number of allylic oxidation sites excluding steroid dienone is 10. The number of likely N-dealkylation sites (N-methyl/N-ethyl adjacent to an activating group) is 1. The number of esters is 1. The number of quaternary nitrogens is 1. The highest BCUT2D eigenvalue weighted by molar-refractivity contribution is 7.47. The smallest absolute Gasteiger partial charge is 0.457 e. The van der Waals surface area contributed by atoms with E-state index in [9.17, 15) is 14.3 Å². The van der Waals surface area contributed by atoms with Crippen molar-refractivity contribution < 1.29 is 37.3 Å². The van der Waals surface area contributed by atoms with Crippen molar-refractivity contribution in [2.45, 2.75) is 168 Å². The second-order valence-electron chi connectivity index (χ2n) is 15.3. The van der Waals surface area contributed by atoms with E-state index in [1.807, 2.05) is 21.1 Å². The molecule has 0 heterocycles. The molecule has 54 heavy (non-hydrogen) atoms. The Labute approximate surface area is 332 Å². The van der Waals surface area contributed by atoms with Crippen molar-refractivity contribution in [3.8, 4) is 0 Å². The molecule has 1 N–H and O–H groups in total. The fourth-order valence-electron chi connectivity index (χ4n) is 5.46. The normalized spacial score (nSPS) is 14.4. The van der Waals surface area contributed by atoms with Crippen molar-refractivity contribution in [2.75, 3.05) is 54.1 Å². The summed E-state index contributed by atoms with van der Waals surface area (Å²) in [6.45, 7) is 5.42. The van der Waals surface area contributed by atoms with Gasteiger partial charge in [0.05, 0.1) is 34.4 Å². The first-order chi connectivity index (χ1) is 26.1. The number of carbonyl (C=O) groups excluding carboxylic acids is 1. The summed E-state index contributed by atoms with van der Waals surface area (Å²) in [5, 5.41) is 0. The van der Waals surface area contributed by atoms with Gasteiger partial charge in [-0.2, -0.15) is 0 Å². The number of ether oxygens (including phenoxy) is 2. The standard InChI is InChI=1S/C45H82NO7P/c1-6-8-10-12-14-16-18-20-22-23-24-26-28-30-32-34-36-38-45(47)53-44(43-52-54(48,49)51-41-39-46(3,4)5)42-50-40-37-35-33-31-29-27-25-21-19-17-15-13-11-9-7-2/h8,10,13-16,19-22,44H,6-7,9,11-12,17-18,23-43H2,1-5H3/p+1/b10-8-,15-13-,16-14-,21-19-,22-20-. The van der Waals surface area contributed by atoms with E-state index >= 15 is 0 Å². The maximum Gasteiger partial charge on any atom is 0.472 e. The molecule has 0 saturated heterocycles. The van der Waals surface area contributed by atoms with Gasteiger partial charge in [0.1, 0.15) is 19.3 Å². The first-order valence-electron chi connectivity index (χ1n) is 21.5.